The van der Waals surface area contributed by atoms with Gasteiger partial charge in [-0.15, -0.1) is 0 Å². The van der Waals surface area contributed by atoms with Crippen LogP contribution in [0.1, 0.15) is 41.5 Å². The Kier molecular flexibility index (Phi) is 27.1. The minimum absolute atomic E-state index is 0. The first-order chi connectivity index (χ1) is 7.13. The smallest absolute Gasteiger partial charge is 0.126 e. The number of hydrogen-bond donors (Lipinski definition) is 0. The summed E-state index contributed by atoms with van der Waals surface area (Å²) in [5.74, 6) is 1.16. The zero-order valence-corrected chi connectivity index (χ0v) is 14.0. The molecular weight excluding hydrogens is 251 g/mol. The Hall–Kier alpha value is -0.296. The number of carbonyl (C=O) groups is 1. The fraction of sp³-hybridized carbons (Fsp3) is 0.846. The summed E-state index contributed by atoms with van der Waals surface area (Å²) in [6.45, 7) is 12.4. The van der Waals surface area contributed by atoms with Gasteiger partial charge in [0.15, 0.2) is 0 Å². The molecule has 0 fully saturated rings. The summed E-state index contributed by atoms with van der Waals surface area (Å²) in [7, 11) is 4.19. The van der Waals surface area contributed by atoms with Crippen LogP contribution >= 0.6 is 0 Å². The molecule has 0 aliphatic heterocycles. The maximum atomic E-state index is 9.44. The molecule has 17 heavy (non-hydrogen) atoms. The molecule has 0 heterocycles. The molecule has 0 unspecified atom stereocenters. The van der Waals surface area contributed by atoms with Gasteiger partial charge in [-0.05, 0) is 54.3 Å². The normalized spacial score (nSPS) is 8.35. The van der Waals surface area contributed by atoms with E-state index in [2.05, 4.69) is 32.8 Å². The van der Waals surface area contributed by atoms with Crippen LogP contribution in [-0.2, 0) is 23.4 Å². The van der Waals surface area contributed by atoms with Crippen LogP contribution in [0.2, 0.25) is 0 Å². The van der Waals surface area contributed by atoms with Crippen LogP contribution in [0.15, 0.2) is 0 Å². The zero-order chi connectivity index (χ0) is 13.7. The molecule has 3 nitrogen and oxygen atoms in total. The monoisotopic (exact) mass is 279 g/mol. The van der Waals surface area contributed by atoms with Crippen molar-refractivity contribution in [1.82, 2.24) is 4.90 Å². The molecule has 0 aromatic carbocycles. The summed E-state index contributed by atoms with van der Waals surface area (Å²) < 4.78 is 0. The van der Waals surface area contributed by atoms with Gasteiger partial charge >= 0.3 is 0 Å². The fourth-order valence-electron chi connectivity index (χ4n) is 0.730. The first kappa shape index (κ1) is 25.5. The molecule has 101 valence electrons. The molecule has 0 aromatic heterocycles. The van der Waals surface area contributed by atoms with Crippen LogP contribution in [0.25, 0.3) is 0 Å². The second kappa shape index (κ2) is 18.1. The number of nitriles is 1. The molecule has 0 aromatic rings. The third kappa shape index (κ3) is 90.6. The van der Waals surface area contributed by atoms with Gasteiger partial charge < -0.3 is 9.69 Å². The zero-order valence-electron chi connectivity index (χ0n) is 12.6. The van der Waals surface area contributed by atoms with E-state index < -0.39 is 0 Å². The van der Waals surface area contributed by atoms with Gasteiger partial charge in [-0.25, -0.2) is 0 Å². The van der Waals surface area contributed by atoms with E-state index in [1.807, 2.05) is 19.9 Å². The Morgan fingerprint density at radius 3 is 1.41 bits per heavy atom. The molecule has 0 rings (SSSR count). The molecule has 1 radical (unpaired) electrons. The molecule has 0 aliphatic carbocycles. The van der Waals surface area contributed by atoms with Gasteiger partial charge in [0.25, 0.3) is 0 Å². The van der Waals surface area contributed by atoms with Crippen LogP contribution in [0.3, 0.4) is 0 Å². The van der Waals surface area contributed by atoms with Crippen LogP contribution < -0.4 is 0 Å². The quantitative estimate of drug-likeness (QED) is 0.780. The van der Waals surface area contributed by atoms with E-state index in [4.69, 9.17) is 5.26 Å². The van der Waals surface area contributed by atoms with E-state index in [0.717, 1.165) is 5.92 Å². The number of nitrogens with zero attached hydrogens (tertiary/aromatic N) is 2. The van der Waals surface area contributed by atoms with E-state index in [0.29, 0.717) is 0 Å². The van der Waals surface area contributed by atoms with Crippen LogP contribution in [-0.4, -0.2) is 31.3 Å². The molecule has 0 amide bonds. The minimum Gasteiger partial charge on any atom is -0.309 e. The molecule has 0 atom stereocenters. The van der Waals surface area contributed by atoms with Gasteiger partial charge in [0.05, 0.1) is 6.07 Å². The Morgan fingerprint density at radius 1 is 1.18 bits per heavy atom. The van der Waals surface area contributed by atoms with Crippen LogP contribution in [0.4, 0.5) is 0 Å². The summed E-state index contributed by atoms with van der Waals surface area (Å²) in [5.41, 5.74) is 0. The molecular formula is C13H28N2OV. The molecule has 4 heteroatoms. The summed E-state index contributed by atoms with van der Waals surface area (Å²) in [6, 6.07) is 2.03. The SMILES string of the molecule is CC(C)=O.CC(C)C#N.CC(C)CN(C)C.[V]. The molecule has 0 bridgehead atoms. The number of ketones is 1. The second-order valence-corrected chi connectivity index (χ2v) is 4.85. The van der Waals surface area contributed by atoms with Crippen molar-refractivity contribution in [2.24, 2.45) is 11.8 Å². The molecule has 0 saturated heterocycles. The van der Waals surface area contributed by atoms with E-state index >= 15 is 0 Å². The van der Waals surface area contributed by atoms with Crippen molar-refractivity contribution in [3.05, 3.63) is 0 Å². The third-order valence-electron chi connectivity index (χ3n) is 0.988. The predicted octanol–water partition coefficient (Wildman–Crippen LogP) is 2.96. The number of Topliss-reactive ketones (excluding diaryl/α,β-unsaturated/α-hetero) is 1. The predicted molar refractivity (Wildman–Crippen MR) is 70.2 cm³/mol. The summed E-state index contributed by atoms with van der Waals surface area (Å²) >= 11 is 0. The van der Waals surface area contributed by atoms with Crippen molar-refractivity contribution < 1.29 is 23.4 Å². The molecule has 0 spiro atoms. The fourth-order valence-corrected chi connectivity index (χ4v) is 0.730. The standard InChI is InChI=1S/C6H15N.C4H7N.C3H6O.V/c1-6(2)5-7(3)4;1-4(2)3-5;1-3(2)4;/h6H,5H2,1-4H3;4H,1-2H3;1-2H3;. The van der Waals surface area contributed by atoms with Gasteiger partial charge in [-0.1, -0.05) is 13.8 Å². The van der Waals surface area contributed by atoms with Gasteiger partial charge in [0.2, 0.25) is 0 Å². The van der Waals surface area contributed by atoms with Crippen molar-refractivity contribution in [2.75, 3.05) is 20.6 Å². The van der Waals surface area contributed by atoms with E-state index in [9.17, 15) is 4.79 Å². The van der Waals surface area contributed by atoms with Gasteiger partial charge in [-0.3, -0.25) is 0 Å². The number of hydrogen-bond acceptors (Lipinski definition) is 3. The number of carbonyl (C=O) groups excluding carboxylic acids is 1. The Morgan fingerprint density at radius 2 is 1.41 bits per heavy atom. The average molecular weight is 279 g/mol. The topological polar surface area (TPSA) is 44.1 Å². The number of rotatable bonds is 2. The summed E-state index contributed by atoms with van der Waals surface area (Å²) in [6.07, 6.45) is 0. The Bertz CT molecular complexity index is 186. The van der Waals surface area contributed by atoms with Crippen LogP contribution in [0, 0.1) is 23.2 Å². The summed E-state index contributed by atoms with van der Waals surface area (Å²) in [4.78, 5) is 11.6. The van der Waals surface area contributed by atoms with E-state index in [-0.39, 0.29) is 30.3 Å². The maximum absolute atomic E-state index is 9.44. The largest absolute Gasteiger partial charge is 0.309 e. The second-order valence-electron chi connectivity index (χ2n) is 4.85. The average Bonchev–Trinajstić information content (AvgIpc) is 2.01. The van der Waals surface area contributed by atoms with E-state index in [1.165, 1.54) is 20.4 Å². The first-order valence-corrected chi connectivity index (χ1v) is 5.64. The Labute approximate surface area is 119 Å². The van der Waals surface area contributed by atoms with Gasteiger partial charge in [0.1, 0.15) is 5.78 Å². The first-order valence-electron chi connectivity index (χ1n) is 5.64. The minimum atomic E-state index is 0. The third-order valence-corrected chi connectivity index (χ3v) is 0.988. The van der Waals surface area contributed by atoms with Gasteiger partial charge in [-0.2, -0.15) is 5.26 Å². The van der Waals surface area contributed by atoms with Crippen LogP contribution in [0.5, 0.6) is 0 Å². The Balaban J connectivity index is -0.0000000757. The summed E-state index contributed by atoms with van der Waals surface area (Å²) in [5, 5.41) is 7.89. The molecule has 0 N–H and O–H groups in total. The van der Waals surface area contributed by atoms with Crippen molar-refractivity contribution in [3.63, 3.8) is 0 Å². The maximum Gasteiger partial charge on any atom is 0.126 e. The molecule has 0 saturated carbocycles. The van der Waals surface area contributed by atoms with Crippen molar-refractivity contribution in [1.29, 1.82) is 5.26 Å². The van der Waals surface area contributed by atoms with E-state index in [1.54, 1.807) is 0 Å². The van der Waals surface area contributed by atoms with Gasteiger partial charge in [0, 0.05) is 24.5 Å². The van der Waals surface area contributed by atoms with Crippen molar-refractivity contribution >= 4 is 5.78 Å². The van der Waals surface area contributed by atoms with Crippen molar-refractivity contribution in [2.45, 2.75) is 41.5 Å². The van der Waals surface area contributed by atoms with Crippen molar-refractivity contribution in [3.8, 4) is 6.07 Å². The molecule has 0 aliphatic rings.